The van der Waals surface area contributed by atoms with Gasteiger partial charge in [-0.05, 0) is 12.5 Å². The van der Waals surface area contributed by atoms with E-state index in [0.717, 1.165) is 6.42 Å². The van der Waals surface area contributed by atoms with Gasteiger partial charge < -0.3 is 0 Å². The van der Waals surface area contributed by atoms with Crippen LogP contribution in [0.25, 0.3) is 0 Å². The molecule has 0 aromatic carbocycles. The molecule has 0 aromatic rings. The molecule has 0 heterocycles. The van der Waals surface area contributed by atoms with Gasteiger partial charge in [-0.1, -0.05) is 27.2 Å². The molecule has 1 heteroatoms. The van der Waals surface area contributed by atoms with Crippen molar-refractivity contribution in [1.82, 2.24) is 0 Å². The second-order valence-electron chi connectivity index (χ2n) is 1.44. The lowest BCUT2D eigenvalue weighted by atomic mass is 10.5. The van der Waals surface area contributed by atoms with Gasteiger partial charge >= 0.3 is 0 Å². The molecule has 0 aromatic heterocycles. The molecule has 0 aliphatic carbocycles. The van der Waals surface area contributed by atoms with Crippen LogP contribution in [0.1, 0.15) is 33.6 Å². The molecule has 0 radical (unpaired) electrons. The van der Waals surface area contributed by atoms with Crippen LogP contribution in [0, 0.1) is 0 Å². The molecule has 0 spiro atoms. The minimum Gasteiger partial charge on any atom is -0.234 e. The van der Waals surface area contributed by atoms with Crippen molar-refractivity contribution in [3.05, 3.63) is 6.08 Å². The fourth-order valence-corrected chi connectivity index (χ4v) is 0.0833. The molecule has 0 atom stereocenters. The van der Waals surface area contributed by atoms with Gasteiger partial charge in [-0.2, -0.15) is 0 Å². The normalized spacial score (nSPS) is 5.88. The number of carbonyl (C=O) groups excluding carboxylic acids is 1. The first-order valence-corrected chi connectivity index (χ1v) is 3.02. The van der Waals surface area contributed by atoms with E-state index < -0.39 is 0 Å². The van der Waals surface area contributed by atoms with Gasteiger partial charge in [0.25, 0.3) is 0 Å². The first-order valence-electron chi connectivity index (χ1n) is 3.02. The van der Waals surface area contributed by atoms with Gasteiger partial charge in [-0.25, -0.2) is 4.79 Å². The van der Waals surface area contributed by atoms with Crippen molar-refractivity contribution in [2.75, 3.05) is 0 Å². The van der Waals surface area contributed by atoms with E-state index >= 15 is 0 Å². The number of rotatable bonds is 1. The van der Waals surface area contributed by atoms with Crippen molar-refractivity contribution in [2.24, 2.45) is 0 Å². The van der Waals surface area contributed by atoms with Crippen molar-refractivity contribution >= 4 is 5.94 Å². The molecule has 0 unspecified atom stereocenters. The second-order valence-corrected chi connectivity index (χ2v) is 1.44. The van der Waals surface area contributed by atoms with Crippen LogP contribution in [0.3, 0.4) is 0 Å². The number of hydrogen-bond acceptors (Lipinski definition) is 1. The first-order chi connectivity index (χ1) is 3.83. The monoisotopic (exact) mass is 114 g/mol. The average molecular weight is 114 g/mol. The zero-order chi connectivity index (χ0) is 6.83. The molecule has 8 heavy (non-hydrogen) atoms. The van der Waals surface area contributed by atoms with Crippen molar-refractivity contribution in [3.63, 3.8) is 0 Å². The van der Waals surface area contributed by atoms with Gasteiger partial charge in [0.15, 0.2) is 0 Å². The Labute approximate surface area is 51.4 Å². The van der Waals surface area contributed by atoms with Gasteiger partial charge in [0, 0.05) is 0 Å². The van der Waals surface area contributed by atoms with E-state index in [-0.39, 0.29) is 0 Å². The Bertz CT molecular complexity index is 60.8. The van der Waals surface area contributed by atoms with Crippen LogP contribution in [-0.2, 0) is 4.79 Å². The highest BCUT2D eigenvalue weighted by Gasteiger charge is 1.53. The minimum atomic E-state index is 0.795. The molecule has 0 aliphatic heterocycles. The molecular formula is C7H14O. The Morgan fingerprint density at radius 1 is 1.38 bits per heavy atom. The van der Waals surface area contributed by atoms with Crippen molar-refractivity contribution < 1.29 is 4.79 Å². The fourth-order valence-electron chi connectivity index (χ4n) is 0.0833. The molecule has 1 nitrogen and oxygen atoms in total. The van der Waals surface area contributed by atoms with Gasteiger partial charge in [0.1, 0.15) is 5.94 Å². The third-order valence-corrected chi connectivity index (χ3v) is 0.287. The van der Waals surface area contributed by atoms with E-state index in [0.29, 0.717) is 0 Å². The number of allylic oxidation sites excluding steroid dienone is 1. The molecule has 0 fully saturated rings. The van der Waals surface area contributed by atoms with E-state index in [9.17, 15) is 4.79 Å². The van der Waals surface area contributed by atoms with E-state index in [1.165, 1.54) is 12.5 Å². The summed E-state index contributed by atoms with van der Waals surface area (Å²) in [5, 5.41) is 0. The highest BCUT2D eigenvalue weighted by Crippen LogP contribution is 1.65. The Balaban J connectivity index is 0. The third-order valence-electron chi connectivity index (χ3n) is 0.287. The summed E-state index contributed by atoms with van der Waals surface area (Å²) in [6.07, 6.45) is 3.49. The van der Waals surface area contributed by atoms with Crippen LogP contribution in [0.4, 0.5) is 0 Å². The summed E-state index contributed by atoms with van der Waals surface area (Å²) >= 11 is 0. The molecule has 0 aliphatic rings. The molecular weight excluding hydrogens is 100 g/mol. The Kier molecular flexibility index (Phi) is 21.0. The largest absolute Gasteiger partial charge is 0.234 e. The lowest BCUT2D eigenvalue weighted by Gasteiger charge is -1.55. The third kappa shape index (κ3) is 51.3. The maximum absolute atomic E-state index is 9.22. The SMILES string of the molecule is CCC.CCC=C=O. The van der Waals surface area contributed by atoms with Crippen LogP contribution < -0.4 is 0 Å². The molecule has 0 bridgehead atoms. The summed E-state index contributed by atoms with van der Waals surface area (Å²) in [5.41, 5.74) is 0. The highest BCUT2D eigenvalue weighted by molar-refractivity contribution is 5.44. The van der Waals surface area contributed by atoms with Crippen molar-refractivity contribution in [2.45, 2.75) is 33.6 Å². The first kappa shape index (κ1) is 10.4. The van der Waals surface area contributed by atoms with E-state index in [2.05, 4.69) is 13.8 Å². The van der Waals surface area contributed by atoms with Crippen LogP contribution in [-0.4, -0.2) is 5.94 Å². The summed E-state index contributed by atoms with van der Waals surface area (Å²) in [5.74, 6) is 1.64. The Morgan fingerprint density at radius 3 is 1.75 bits per heavy atom. The van der Waals surface area contributed by atoms with Crippen molar-refractivity contribution in [3.8, 4) is 0 Å². The molecule has 0 amide bonds. The molecule has 0 saturated carbocycles. The second kappa shape index (κ2) is 16.1. The van der Waals surface area contributed by atoms with Gasteiger partial charge in [-0.15, -0.1) is 0 Å². The Morgan fingerprint density at radius 2 is 1.75 bits per heavy atom. The summed E-state index contributed by atoms with van der Waals surface area (Å²) < 4.78 is 0. The number of hydrogen-bond donors (Lipinski definition) is 0. The zero-order valence-corrected chi connectivity index (χ0v) is 5.90. The summed E-state index contributed by atoms with van der Waals surface area (Å²) in [6.45, 7) is 6.14. The fraction of sp³-hybridized carbons (Fsp3) is 0.714. The predicted octanol–water partition coefficient (Wildman–Crippen LogP) is 2.20. The summed E-state index contributed by atoms with van der Waals surface area (Å²) in [6, 6.07) is 0. The minimum absolute atomic E-state index is 0.795. The highest BCUT2D eigenvalue weighted by atomic mass is 16.1. The average Bonchev–Trinajstić information content (AvgIpc) is 1.71. The van der Waals surface area contributed by atoms with Crippen LogP contribution >= 0.6 is 0 Å². The smallest absolute Gasteiger partial charge is 0.120 e. The molecule has 48 valence electrons. The summed E-state index contributed by atoms with van der Waals surface area (Å²) in [7, 11) is 0. The topological polar surface area (TPSA) is 17.1 Å². The molecule has 0 N–H and O–H groups in total. The van der Waals surface area contributed by atoms with E-state index in [4.69, 9.17) is 0 Å². The van der Waals surface area contributed by atoms with Gasteiger partial charge in [0.05, 0.1) is 0 Å². The summed E-state index contributed by atoms with van der Waals surface area (Å²) in [4.78, 5) is 9.22. The van der Waals surface area contributed by atoms with E-state index in [1.54, 1.807) is 5.94 Å². The van der Waals surface area contributed by atoms with Gasteiger partial charge in [-0.3, -0.25) is 0 Å². The lowest BCUT2D eigenvalue weighted by molar-refractivity contribution is 0.568. The maximum Gasteiger partial charge on any atom is 0.120 e. The maximum atomic E-state index is 9.22. The van der Waals surface area contributed by atoms with Crippen molar-refractivity contribution in [1.29, 1.82) is 0 Å². The quantitative estimate of drug-likeness (QED) is 0.477. The lowest BCUT2D eigenvalue weighted by Crippen LogP contribution is -1.47. The van der Waals surface area contributed by atoms with Crippen LogP contribution in [0.2, 0.25) is 0 Å². The molecule has 0 saturated heterocycles. The predicted molar refractivity (Wildman–Crippen MR) is 36.5 cm³/mol. The van der Waals surface area contributed by atoms with E-state index in [1.807, 2.05) is 6.92 Å². The Hall–Kier alpha value is -0.550. The standard InChI is InChI=1S/C4H6O.C3H8/c1-2-3-4-5;1-3-2/h3H,2H2,1H3;3H2,1-2H3. The molecule has 0 rings (SSSR count). The van der Waals surface area contributed by atoms with Gasteiger partial charge in [0.2, 0.25) is 0 Å². The van der Waals surface area contributed by atoms with Crippen LogP contribution in [0.15, 0.2) is 6.08 Å². The zero-order valence-electron chi connectivity index (χ0n) is 5.90. The van der Waals surface area contributed by atoms with Crippen LogP contribution in [0.5, 0.6) is 0 Å².